The SMILES string of the molecule is Clc1ccccc1Sc1ccc2c(c1Sc1ccccc1Cl)Cc1ccccc1-2. The molecule has 0 radical (unpaired) electrons. The van der Waals surface area contributed by atoms with E-state index in [0.29, 0.717) is 0 Å². The third kappa shape index (κ3) is 3.71. The molecule has 0 aromatic heterocycles. The zero-order valence-electron chi connectivity index (χ0n) is 15.4. The lowest BCUT2D eigenvalue weighted by Gasteiger charge is -2.15. The first-order valence-corrected chi connectivity index (χ1v) is 11.7. The van der Waals surface area contributed by atoms with E-state index in [0.717, 1.165) is 26.3 Å². The van der Waals surface area contributed by atoms with E-state index < -0.39 is 0 Å². The fourth-order valence-electron chi connectivity index (χ4n) is 3.64. The van der Waals surface area contributed by atoms with Crippen LogP contribution in [0.5, 0.6) is 0 Å². The van der Waals surface area contributed by atoms with Crippen molar-refractivity contribution in [1.29, 1.82) is 0 Å². The maximum Gasteiger partial charge on any atom is 0.0545 e. The zero-order valence-corrected chi connectivity index (χ0v) is 18.5. The van der Waals surface area contributed by atoms with Gasteiger partial charge in [-0.2, -0.15) is 0 Å². The Morgan fingerprint density at radius 2 is 1.17 bits per heavy atom. The molecule has 0 saturated heterocycles. The molecule has 0 spiro atoms. The number of rotatable bonds is 4. The highest BCUT2D eigenvalue weighted by molar-refractivity contribution is 8.02. The van der Waals surface area contributed by atoms with Gasteiger partial charge in [0, 0.05) is 19.6 Å². The second-order valence-electron chi connectivity index (χ2n) is 6.82. The molecule has 0 bridgehead atoms. The van der Waals surface area contributed by atoms with Crippen molar-refractivity contribution in [2.45, 2.75) is 26.0 Å². The summed E-state index contributed by atoms with van der Waals surface area (Å²) in [6, 6.07) is 29.2. The number of halogens is 2. The van der Waals surface area contributed by atoms with Crippen LogP contribution in [0.2, 0.25) is 10.0 Å². The van der Waals surface area contributed by atoms with E-state index in [2.05, 4.69) is 48.5 Å². The molecular weight excluding hydrogens is 435 g/mol. The van der Waals surface area contributed by atoms with E-state index >= 15 is 0 Å². The van der Waals surface area contributed by atoms with Gasteiger partial charge in [-0.3, -0.25) is 0 Å². The van der Waals surface area contributed by atoms with Gasteiger partial charge in [-0.25, -0.2) is 0 Å². The molecule has 29 heavy (non-hydrogen) atoms. The molecular formula is C25H16Cl2S2. The molecule has 4 heteroatoms. The fraction of sp³-hybridized carbons (Fsp3) is 0.0400. The molecule has 4 aromatic carbocycles. The van der Waals surface area contributed by atoms with Crippen LogP contribution >= 0.6 is 46.7 Å². The van der Waals surface area contributed by atoms with Crippen molar-refractivity contribution in [2.75, 3.05) is 0 Å². The zero-order chi connectivity index (χ0) is 19.8. The third-order valence-corrected chi connectivity index (χ3v) is 8.40. The van der Waals surface area contributed by atoms with Gasteiger partial charge >= 0.3 is 0 Å². The highest BCUT2D eigenvalue weighted by Crippen LogP contribution is 2.49. The minimum atomic E-state index is 0.773. The number of hydrogen-bond donors (Lipinski definition) is 0. The molecule has 0 unspecified atom stereocenters. The summed E-state index contributed by atoms with van der Waals surface area (Å²) in [7, 11) is 0. The van der Waals surface area contributed by atoms with E-state index in [1.54, 1.807) is 23.5 Å². The number of hydrogen-bond acceptors (Lipinski definition) is 2. The summed E-state index contributed by atoms with van der Waals surface area (Å²) in [6.45, 7) is 0. The summed E-state index contributed by atoms with van der Waals surface area (Å²) in [5.41, 5.74) is 5.40. The second-order valence-corrected chi connectivity index (χ2v) is 9.77. The Morgan fingerprint density at radius 1 is 0.552 bits per heavy atom. The predicted octanol–water partition coefficient (Wildman–Crippen LogP) is 8.87. The molecule has 0 nitrogen and oxygen atoms in total. The summed E-state index contributed by atoms with van der Waals surface area (Å²) in [5, 5.41) is 1.55. The average molecular weight is 451 g/mol. The lowest BCUT2D eigenvalue weighted by molar-refractivity contribution is 1.11. The maximum absolute atomic E-state index is 6.50. The first-order valence-electron chi connectivity index (χ1n) is 9.29. The fourth-order valence-corrected chi connectivity index (χ4v) is 6.30. The van der Waals surface area contributed by atoms with E-state index in [1.807, 2.05) is 36.4 Å². The molecule has 0 heterocycles. The topological polar surface area (TPSA) is 0 Å². The summed E-state index contributed by atoms with van der Waals surface area (Å²) < 4.78 is 0. The van der Waals surface area contributed by atoms with Crippen molar-refractivity contribution in [3.63, 3.8) is 0 Å². The minimum absolute atomic E-state index is 0.773. The van der Waals surface area contributed by atoms with Crippen LogP contribution in [0.15, 0.2) is 105 Å². The van der Waals surface area contributed by atoms with Gasteiger partial charge in [0.05, 0.1) is 10.0 Å². The minimum Gasteiger partial charge on any atom is -0.0873 e. The van der Waals surface area contributed by atoms with E-state index in [4.69, 9.17) is 23.2 Å². The molecule has 4 aromatic rings. The van der Waals surface area contributed by atoms with Gasteiger partial charge < -0.3 is 0 Å². The third-order valence-electron chi connectivity index (χ3n) is 5.00. The highest BCUT2D eigenvalue weighted by atomic mass is 35.5. The van der Waals surface area contributed by atoms with E-state index in [1.165, 1.54) is 32.0 Å². The molecule has 0 saturated carbocycles. The highest BCUT2D eigenvalue weighted by Gasteiger charge is 2.24. The molecule has 0 fully saturated rings. The first-order chi connectivity index (χ1) is 14.2. The average Bonchev–Trinajstić information content (AvgIpc) is 3.12. The second kappa shape index (κ2) is 8.12. The summed E-state index contributed by atoms with van der Waals surface area (Å²) in [5.74, 6) is 0. The predicted molar refractivity (Wildman–Crippen MR) is 126 cm³/mol. The molecule has 1 aliphatic rings. The van der Waals surface area contributed by atoms with Crippen molar-refractivity contribution in [2.24, 2.45) is 0 Å². The van der Waals surface area contributed by atoms with E-state index in [-0.39, 0.29) is 0 Å². The molecule has 0 atom stereocenters. The Bertz CT molecular complexity index is 1220. The van der Waals surface area contributed by atoms with Gasteiger partial charge in [0.25, 0.3) is 0 Å². The van der Waals surface area contributed by atoms with Gasteiger partial charge in [0.2, 0.25) is 0 Å². The summed E-state index contributed by atoms with van der Waals surface area (Å²) >= 11 is 16.4. The Labute approximate surface area is 189 Å². The molecule has 0 aliphatic heterocycles. The normalized spacial score (nSPS) is 11.9. The van der Waals surface area contributed by atoms with Crippen LogP contribution in [0, 0.1) is 0 Å². The van der Waals surface area contributed by atoms with Crippen LogP contribution in [0.25, 0.3) is 11.1 Å². The molecule has 142 valence electrons. The number of benzene rings is 4. The van der Waals surface area contributed by atoms with Crippen LogP contribution in [0.3, 0.4) is 0 Å². The van der Waals surface area contributed by atoms with Crippen LogP contribution in [0.4, 0.5) is 0 Å². The first kappa shape index (κ1) is 19.1. The Kier molecular flexibility index (Phi) is 5.36. The number of fused-ring (bicyclic) bond motifs is 3. The van der Waals surface area contributed by atoms with Crippen LogP contribution in [-0.4, -0.2) is 0 Å². The van der Waals surface area contributed by atoms with Crippen molar-refractivity contribution in [3.05, 3.63) is 106 Å². The summed E-state index contributed by atoms with van der Waals surface area (Å²) in [6.07, 6.45) is 0.940. The molecule has 1 aliphatic carbocycles. The molecule has 0 N–H and O–H groups in total. The van der Waals surface area contributed by atoms with Crippen molar-refractivity contribution in [3.8, 4) is 11.1 Å². The standard InChI is InChI=1S/C25H16Cl2S2/c26-20-9-3-5-11-22(20)28-24-14-13-18-17-8-2-1-7-16(17)15-19(18)25(24)29-23-12-6-4-10-21(23)27/h1-14H,15H2. The van der Waals surface area contributed by atoms with Gasteiger partial charge in [0.1, 0.15) is 0 Å². The van der Waals surface area contributed by atoms with Crippen LogP contribution in [0.1, 0.15) is 11.1 Å². The Balaban J connectivity index is 1.64. The van der Waals surface area contributed by atoms with Gasteiger partial charge in [-0.1, -0.05) is 101 Å². The van der Waals surface area contributed by atoms with Gasteiger partial charge in [-0.15, -0.1) is 0 Å². The van der Waals surface area contributed by atoms with E-state index in [9.17, 15) is 0 Å². The van der Waals surface area contributed by atoms with Crippen molar-refractivity contribution < 1.29 is 0 Å². The summed E-state index contributed by atoms with van der Waals surface area (Å²) in [4.78, 5) is 4.59. The van der Waals surface area contributed by atoms with Crippen molar-refractivity contribution >= 4 is 46.7 Å². The Morgan fingerprint density at radius 3 is 1.90 bits per heavy atom. The lowest BCUT2D eigenvalue weighted by atomic mass is 10.1. The lowest BCUT2D eigenvalue weighted by Crippen LogP contribution is -1.90. The Hall–Kier alpha value is -1.84. The van der Waals surface area contributed by atoms with Crippen LogP contribution in [-0.2, 0) is 6.42 Å². The smallest absolute Gasteiger partial charge is 0.0545 e. The molecule has 0 amide bonds. The van der Waals surface area contributed by atoms with Crippen molar-refractivity contribution in [1.82, 2.24) is 0 Å². The van der Waals surface area contributed by atoms with Gasteiger partial charge in [-0.05, 0) is 59.0 Å². The maximum atomic E-state index is 6.50. The van der Waals surface area contributed by atoms with Crippen LogP contribution < -0.4 is 0 Å². The largest absolute Gasteiger partial charge is 0.0873 e. The molecule has 5 rings (SSSR count). The monoisotopic (exact) mass is 450 g/mol. The van der Waals surface area contributed by atoms with Gasteiger partial charge in [0.15, 0.2) is 0 Å². The quantitative estimate of drug-likeness (QED) is 0.268.